The van der Waals surface area contributed by atoms with E-state index in [0.29, 0.717) is 12.8 Å². The molecule has 1 fully saturated rings. The van der Waals surface area contributed by atoms with E-state index in [1.165, 1.54) is 6.07 Å². The molecular weight excluding hydrogens is 240 g/mol. The normalized spacial score (nSPS) is 24.3. The number of rotatable bonds is 4. The van der Waals surface area contributed by atoms with Crippen molar-refractivity contribution in [1.29, 1.82) is 0 Å². The second-order valence-electron chi connectivity index (χ2n) is 4.19. The quantitative estimate of drug-likeness (QED) is 0.778. The van der Waals surface area contributed by atoms with Gasteiger partial charge in [-0.2, -0.15) is 0 Å². The fourth-order valence-corrected chi connectivity index (χ4v) is 3.26. The molecule has 0 spiro atoms. The topological polar surface area (TPSA) is 81.4 Å². The molecular formula is C11H16N2O3S. The predicted molar refractivity (Wildman–Crippen MR) is 65.0 cm³/mol. The summed E-state index contributed by atoms with van der Waals surface area (Å²) in [5, 5.41) is 0. The summed E-state index contributed by atoms with van der Waals surface area (Å²) in [6, 6.07) is 6.39. The van der Waals surface area contributed by atoms with Crippen molar-refractivity contribution in [1.82, 2.24) is 4.72 Å². The molecule has 0 amide bonds. The molecule has 1 saturated carbocycles. The van der Waals surface area contributed by atoms with Gasteiger partial charge in [0.2, 0.25) is 10.0 Å². The zero-order chi connectivity index (χ0) is 12.5. The summed E-state index contributed by atoms with van der Waals surface area (Å²) in [7, 11) is -1.88. The van der Waals surface area contributed by atoms with Crippen molar-refractivity contribution < 1.29 is 13.2 Å². The van der Waals surface area contributed by atoms with E-state index in [4.69, 9.17) is 10.5 Å². The van der Waals surface area contributed by atoms with Crippen LogP contribution in [0.25, 0.3) is 0 Å². The summed E-state index contributed by atoms with van der Waals surface area (Å²) in [6.45, 7) is 0. The van der Waals surface area contributed by atoms with Gasteiger partial charge in [-0.15, -0.1) is 0 Å². The molecule has 5 nitrogen and oxygen atoms in total. The van der Waals surface area contributed by atoms with Crippen LogP contribution >= 0.6 is 0 Å². The maximum atomic E-state index is 12.0. The summed E-state index contributed by atoms with van der Waals surface area (Å²) in [6.07, 6.45) is 1.58. The van der Waals surface area contributed by atoms with Gasteiger partial charge in [0.1, 0.15) is 4.90 Å². The predicted octanol–water partition coefficient (Wildman–Crippen LogP) is 0.724. The molecule has 2 rings (SSSR count). The van der Waals surface area contributed by atoms with E-state index in [2.05, 4.69) is 4.72 Å². The third-order valence-corrected chi connectivity index (χ3v) is 4.55. The Morgan fingerprint density at radius 1 is 1.35 bits per heavy atom. The summed E-state index contributed by atoms with van der Waals surface area (Å²) < 4.78 is 31.8. The Bertz CT molecular complexity index is 495. The second-order valence-corrected chi connectivity index (χ2v) is 5.87. The van der Waals surface area contributed by atoms with Crippen molar-refractivity contribution >= 4 is 15.7 Å². The fraction of sp³-hybridized carbons (Fsp3) is 0.455. The average Bonchev–Trinajstić information content (AvgIpc) is 2.23. The van der Waals surface area contributed by atoms with Crippen LogP contribution in [0.1, 0.15) is 12.8 Å². The van der Waals surface area contributed by atoms with E-state index in [1.54, 1.807) is 25.3 Å². The highest BCUT2D eigenvalue weighted by Crippen LogP contribution is 2.25. The molecule has 0 bridgehead atoms. The number of nitrogen functional groups attached to an aromatic ring is 1. The number of benzene rings is 1. The van der Waals surface area contributed by atoms with Gasteiger partial charge >= 0.3 is 0 Å². The molecule has 0 unspecified atom stereocenters. The number of hydrogen-bond donors (Lipinski definition) is 2. The largest absolute Gasteiger partial charge is 0.398 e. The molecule has 0 aliphatic heterocycles. The summed E-state index contributed by atoms with van der Waals surface area (Å²) in [5.41, 5.74) is 5.92. The molecule has 94 valence electrons. The Balaban J connectivity index is 2.08. The molecule has 0 aromatic heterocycles. The first-order valence-corrected chi connectivity index (χ1v) is 6.91. The van der Waals surface area contributed by atoms with Gasteiger partial charge in [0.05, 0.1) is 11.8 Å². The molecule has 1 aliphatic rings. The average molecular weight is 256 g/mol. The van der Waals surface area contributed by atoms with Crippen molar-refractivity contribution in [3.8, 4) is 0 Å². The van der Waals surface area contributed by atoms with Crippen LogP contribution in [0.2, 0.25) is 0 Å². The van der Waals surface area contributed by atoms with Crippen LogP contribution < -0.4 is 10.5 Å². The standard InChI is InChI=1S/C11H16N2O3S/c1-16-9-6-8(7-9)13-17(14,15)11-5-3-2-4-10(11)12/h2-5,8-9,13H,6-7,12H2,1H3. The lowest BCUT2D eigenvalue weighted by Gasteiger charge is -2.34. The number of hydrogen-bond acceptors (Lipinski definition) is 4. The molecule has 0 saturated heterocycles. The molecule has 6 heteroatoms. The molecule has 17 heavy (non-hydrogen) atoms. The first kappa shape index (κ1) is 12.3. The Kier molecular flexibility index (Phi) is 3.37. The van der Waals surface area contributed by atoms with Gasteiger partial charge in [0, 0.05) is 13.2 Å². The number of sulfonamides is 1. The van der Waals surface area contributed by atoms with Crippen molar-refractivity contribution in [2.75, 3.05) is 12.8 Å². The van der Waals surface area contributed by atoms with E-state index >= 15 is 0 Å². The first-order valence-electron chi connectivity index (χ1n) is 5.42. The van der Waals surface area contributed by atoms with Gasteiger partial charge < -0.3 is 10.5 Å². The summed E-state index contributed by atoms with van der Waals surface area (Å²) in [5.74, 6) is 0. The number of methoxy groups -OCH3 is 1. The minimum Gasteiger partial charge on any atom is -0.398 e. The van der Waals surface area contributed by atoms with Gasteiger partial charge in [-0.3, -0.25) is 0 Å². The zero-order valence-electron chi connectivity index (χ0n) is 9.59. The minimum atomic E-state index is -3.51. The monoisotopic (exact) mass is 256 g/mol. The Hall–Kier alpha value is -1.11. The van der Waals surface area contributed by atoms with Gasteiger partial charge in [-0.1, -0.05) is 12.1 Å². The van der Waals surface area contributed by atoms with Crippen molar-refractivity contribution in [3.05, 3.63) is 24.3 Å². The van der Waals surface area contributed by atoms with Crippen LogP contribution in [-0.2, 0) is 14.8 Å². The van der Waals surface area contributed by atoms with Crippen molar-refractivity contribution in [3.63, 3.8) is 0 Å². The second kappa shape index (κ2) is 4.64. The highest BCUT2D eigenvalue weighted by molar-refractivity contribution is 7.89. The van der Waals surface area contributed by atoms with Gasteiger partial charge in [0.25, 0.3) is 0 Å². The smallest absolute Gasteiger partial charge is 0.242 e. The van der Waals surface area contributed by atoms with E-state index in [-0.39, 0.29) is 22.7 Å². The third kappa shape index (κ3) is 2.59. The van der Waals surface area contributed by atoms with E-state index in [0.717, 1.165) is 0 Å². The van der Waals surface area contributed by atoms with Crippen LogP contribution in [0, 0.1) is 0 Å². The summed E-state index contributed by atoms with van der Waals surface area (Å²) in [4.78, 5) is 0.140. The molecule has 0 radical (unpaired) electrons. The van der Waals surface area contributed by atoms with Crippen LogP contribution in [-0.4, -0.2) is 27.7 Å². The lowest BCUT2D eigenvalue weighted by molar-refractivity contribution is 0.0236. The van der Waals surface area contributed by atoms with Crippen LogP contribution in [0.5, 0.6) is 0 Å². The van der Waals surface area contributed by atoms with E-state index in [1.807, 2.05) is 0 Å². The van der Waals surface area contributed by atoms with Crippen molar-refractivity contribution in [2.45, 2.75) is 29.9 Å². The molecule has 3 N–H and O–H groups in total. The Labute approximate surface area is 101 Å². The third-order valence-electron chi connectivity index (χ3n) is 2.96. The van der Waals surface area contributed by atoms with Crippen LogP contribution in [0.4, 0.5) is 5.69 Å². The molecule has 0 heterocycles. The highest BCUT2D eigenvalue weighted by atomic mass is 32.2. The number of para-hydroxylation sites is 1. The SMILES string of the molecule is COC1CC(NS(=O)(=O)c2ccccc2N)C1. The van der Waals surface area contributed by atoms with Gasteiger partial charge in [-0.25, -0.2) is 13.1 Å². The molecule has 1 aromatic carbocycles. The minimum absolute atomic E-state index is 0.0513. The van der Waals surface area contributed by atoms with Gasteiger partial charge in [-0.05, 0) is 25.0 Å². The molecule has 1 aliphatic carbocycles. The number of anilines is 1. The molecule has 1 aromatic rings. The highest BCUT2D eigenvalue weighted by Gasteiger charge is 2.33. The van der Waals surface area contributed by atoms with E-state index < -0.39 is 10.0 Å². The first-order chi connectivity index (χ1) is 8.03. The van der Waals surface area contributed by atoms with Crippen LogP contribution in [0.3, 0.4) is 0 Å². The maximum absolute atomic E-state index is 12.0. The fourth-order valence-electron chi connectivity index (χ4n) is 1.86. The number of nitrogens with two attached hydrogens (primary N) is 1. The number of nitrogens with one attached hydrogen (secondary N) is 1. The van der Waals surface area contributed by atoms with Crippen LogP contribution in [0.15, 0.2) is 29.2 Å². The number of ether oxygens (including phenoxy) is 1. The summed E-state index contributed by atoms with van der Waals surface area (Å²) >= 11 is 0. The maximum Gasteiger partial charge on any atom is 0.242 e. The van der Waals surface area contributed by atoms with Gasteiger partial charge in [0.15, 0.2) is 0 Å². The Morgan fingerprint density at radius 2 is 2.00 bits per heavy atom. The lowest BCUT2D eigenvalue weighted by atomic mass is 9.90. The van der Waals surface area contributed by atoms with Crippen molar-refractivity contribution in [2.24, 2.45) is 0 Å². The Morgan fingerprint density at radius 3 is 2.59 bits per heavy atom. The van der Waals surface area contributed by atoms with E-state index in [9.17, 15) is 8.42 Å². The lowest BCUT2D eigenvalue weighted by Crippen LogP contribution is -2.47. The molecule has 0 atom stereocenters. The zero-order valence-corrected chi connectivity index (χ0v) is 10.4.